The zero-order valence-corrected chi connectivity index (χ0v) is 19.5. The van der Waals surface area contributed by atoms with Crippen LogP contribution < -0.4 is 9.47 Å². The molecule has 0 amide bonds. The zero-order valence-electron chi connectivity index (χ0n) is 16.3. The van der Waals surface area contributed by atoms with Crippen molar-refractivity contribution in [1.29, 1.82) is 5.26 Å². The first-order valence-corrected chi connectivity index (χ1v) is 10.6. The maximum absolute atomic E-state index is 10.8. The number of allylic oxidation sites excluding steroid dienone is 1. The van der Waals surface area contributed by atoms with E-state index in [-0.39, 0.29) is 12.3 Å². The molecule has 0 aliphatic heterocycles. The summed E-state index contributed by atoms with van der Waals surface area (Å²) in [5, 5.41) is 20.4. The third kappa shape index (κ3) is 5.72. The van der Waals surface area contributed by atoms with Crippen LogP contribution in [0.15, 0.2) is 69.6 Å². The lowest BCUT2D eigenvalue weighted by Gasteiger charge is -2.14. The molecule has 6 nitrogen and oxygen atoms in total. The number of nitro groups is 1. The minimum absolute atomic E-state index is 0.0257. The summed E-state index contributed by atoms with van der Waals surface area (Å²) < 4.78 is 13.0. The Hall–Kier alpha value is -3.15. The highest BCUT2D eigenvalue weighted by Crippen LogP contribution is 2.38. The van der Waals surface area contributed by atoms with Crippen LogP contribution in [-0.4, -0.2) is 12.0 Å². The number of benzene rings is 3. The number of rotatable bonds is 7. The van der Waals surface area contributed by atoms with Gasteiger partial charge in [0.05, 0.1) is 28.1 Å². The molecule has 0 N–H and O–H groups in total. The zero-order chi connectivity index (χ0) is 22.4. The summed E-state index contributed by atoms with van der Waals surface area (Å²) in [6, 6.07) is 19.5. The molecule has 3 aromatic rings. The van der Waals surface area contributed by atoms with Gasteiger partial charge in [0.25, 0.3) is 5.69 Å². The molecule has 0 aliphatic rings. The minimum Gasteiger partial charge on any atom is -0.493 e. The second-order valence-corrected chi connectivity index (χ2v) is 8.19. The number of nitrogens with zero attached hydrogens (tertiary/aromatic N) is 2. The molecule has 0 spiro atoms. The molecule has 3 rings (SSSR count). The molecule has 0 bridgehead atoms. The molecule has 0 saturated carbocycles. The number of nitriles is 1. The van der Waals surface area contributed by atoms with E-state index in [0.717, 1.165) is 21.2 Å². The molecular weight excluding hydrogens is 528 g/mol. The lowest BCUT2D eigenvalue weighted by atomic mass is 10.0. The lowest BCUT2D eigenvalue weighted by molar-refractivity contribution is -0.384. The van der Waals surface area contributed by atoms with E-state index in [9.17, 15) is 15.4 Å². The number of non-ortho nitro benzene ring substituents is 1. The number of hydrogen-bond acceptors (Lipinski definition) is 5. The molecule has 0 atom stereocenters. The van der Waals surface area contributed by atoms with Gasteiger partial charge in [-0.25, -0.2) is 0 Å². The van der Waals surface area contributed by atoms with Gasteiger partial charge in [0.1, 0.15) is 6.61 Å². The van der Waals surface area contributed by atoms with Crippen LogP contribution in [0.5, 0.6) is 11.5 Å². The summed E-state index contributed by atoms with van der Waals surface area (Å²) in [6.45, 7) is 0.213. The van der Waals surface area contributed by atoms with Gasteiger partial charge >= 0.3 is 0 Å². The third-order valence-electron chi connectivity index (χ3n) is 4.37. The molecule has 0 saturated heterocycles. The first-order chi connectivity index (χ1) is 14.9. The predicted molar refractivity (Wildman–Crippen MR) is 126 cm³/mol. The van der Waals surface area contributed by atoms with Crippen molar-refractivity contribution in [2.24, 2.45) is 0 Å². The molecule has 0 radical (unpaired) electrons. The van der Waals surface area contributed by atoms with Crippen molar-refractivity contribution in [3.05, 3.63) is 96.4 Å². The molecule has 0 unspecified atom stereocenters. The van der Waals surface area contributed by atoms with Crippen LogP contribution in [0.2, 0.25) is 0 Å². The van der Waals surface area contributed by atoms with E-state index in [0.29, 0.717) is 21.5 Å². The van der Waals surface area contributed by atoms with E-state index in [2.05, 4.69) is 37.9 Å². The van der Waals surface area contributed by atoms with Gasteiger partial charge in [0.15, 0.2) is 11.5 Å². The van der Waals surface area contributed by atoms with Gasteiger partial charge in [-0.1, -0.05) is 28.1 Å². The number of nitro benzene ring substituents is 1. The Morgan fingerprint density at radius 2 is 1.81 bits per heavy atom. The maximum Gasteiger partial charge on any atom is 0.269 e. The first kappa shape index (κ1) is 22.5. The van der Waals surface area contributed by atoms with Crippen LogP contribution in [0.25, 0.3) is 11.6 Å². The van der Waals surface area contributed by atoms with Crippen molar-refractivity contribution < 1.29 is 14.4 Å². The van der Waals surface area contributed by atoms with Crippen molar-refractivity contribution in [3.8, 4) is 17.6 Å². The Balaban J connectivity index is 1.84. The van der Waals surface area contributed by atoms with E-state index in [1.54, 1.807) is 24.3 Å². The first-order valence-electron chi connectivity index (χ1n) is 9.02. The van der Waals surface area contributed by atoms with Crippen molar-refractivity contribution >= 4 is 49.2 Å². The third-order valence-corrected chi connectivity index (χ3v) is 5.49. The summed E-state index contributed by atoms with van der Waals surface area (Å²) in [4.78, 5) is 10.3. The quantitative estimate of drug-likeness (QED) is 0.142. The summed E-state index contributed by atoms with van der Waals surface area (Å²) in [5.41, 5.74) is 2.90. The van der Waals surface area contributed by atoms with Gasteiger partial charge in [-0.3, -0.25) is 10.1 Å². The highest BCUT2D eigenvalue weighted by atomic mass is 79.9. The number of hydrogen-bond donors (Lipinski definition) is 0. The minimum atomic E-state index is -0.444. The second-order valence-electron chi connectivity index (χ2n) is 6.42. The van der Waals surface area contributed by atoms with E-state index in [1.807, 2.05) is 30.3 Å². The Morgan fingerprint density at radius 3 is 2.39 bits per heavy atom. The fraction of sp³-hybridized carbons (Fsp3) is 0.0870. The van der Waals surface area contributed by atoms with Crippen LogP contribution >= 0.6 is 31.9 Å². The van der Waals surface area contributed by atoms with Crippen LogP contribution in [0, 0.1) is 21.4 Å². The molecule has 0 aliphatic carbocycles. The van der Waals surface area contributed by atoms with E-state index < -0.39 is 4.92 Å². The molecule has 156 valence electrons. The SMILES string of the molecule is COc1cc(C=C(C#N)c2ccc(Br)cc2)cc(Br)c1OCc1ccc([N+](=O)[O-])cc1. The monoisotopic (exact) mass is 542 g/mol. The molecule has 8 heteroatoms. The van der Waals surface area contributed by atoms with E-state index in [1.165, 1.54) is 19.2 Å². The Labute approximate surface area is 196 Å². The van der Waals surface area contributed by atoms with Crippen molar-refractivity contribution in [3.63, 3.8) is 0 Å². The topological polar surface area (TPSA) is 85.4 Å². The molecule has 0 fully saturated rings. The van der Waals surface area contributed by atoms with Gasteiger partial charge in [-0.15, -0.1) is 0 Å². The summed E-state index contributed by atoms with van der Waals surface area (Å²) in [5.74, 6) is 0.996. The molecular formula is C23H16Br2N2O4. The molecule has 0 heterocycles. The predicted octanol–water partition coefficient (Wildman–Crippen LogP) is 6.77. The van der Waals surface area contributed by atoms with Crippen molar-refractivity contribution in [2.45, 2.75) is 6.61 Å². The fourth-order valence-corrected chi connectivity index (χ4v) is 3.65. The standard InChI is InChI=1S/C23H16Br2N2O4/c1-30-22-12-16(10-18(13-26)17-4-6-19(24)7-5-17)11-21(25)23(22)31-14-15-2-8-20(9-3-15)27(28)29/h2-12H,14H2,1H3. The second kappa shape index (κ2) is 10.2. The van der Waals surface area contributed by atoms with Gasteiger partial charge < -0.3 is 9.47 Å². The van der Waals surface area contributed by atoms with Crippen molar-refractivity contribution in [1.82, 2.24) is 0 Å². The van der Waals surface area contributed by atoms with E-state index in [4.69, 9.17) is 9.47 Å². The normalized spacial score (nSPS) is 11.0. The lowest BCUT2D eigenvalue weighted by Crippen LogP contribution is -1.99. The maximum atomic E-state index is 10.8. The molecule has 3 aromatic carbocycles. The van der Waals surface area contributed by atoms with Crippen molar-refractivity contribution in [2.75, 3.05) is 7.11 Å². The Bertz CT molecular complexity index is 1170. The number of methoxy groups -OCH3 is 1. The van der Waals surface area contributed by atoms with Gasteiger partial charge in [-0.2, -0.15) is 5.26 Å². The fourth-order valence-electron chi connectivity index (χ4n) is 2.81. The summed E-state index contributed by atoms with van der Waals surface area (Å²) in [6.07, 6.45) is 1.77. The van der Waals surface area contributed by atoms with E-state index >= 15 is 0 Å². The Morgan fingerprint density at radius 1 is 1.13 bits per heavy atom. The number of ether oxygens (including phenoxy) is 2. The smallest absolute Gasteiger partial charge is 0.269 e. The molecule has 0 aromatic heterocycles. The van der Waals surface area contributed by atoms with Crippen LogP contribution in [0.3, 0.4) is 0 Å². The number of halogens is 2. The highest BCUT2D eigenvalue weighted by molar-refractivity contribution is 9.10. The molecule has 31 heavy (non-hydrogen) atoms. The van der Waals surface area contributed by atoms with Gasteiger partial charge in [-0.05, 0) is 75.1 Å². The van der Waals surface area contributed by atoms with Crippen LogP contribution in [0.4, 0.5) is 5.69 Å². The summed E-state index contributed by atoms with van der Waals surface area (Å²) >= 11 is 6.90. The summed E-state index contributed by atoms with van der Waals surface area (Å²) in [7, 11) is 1.54. The van der Waals surface area contributed by atoms with Crippen LogP contribution in [0.1, 0.15) is 16.7 Å². The van der Waals surface area contributed by atoms with Gasteiger partial charge in [0.2, 0.25) is 0 Å². The Kier molecular flexibility index (Phi) is 7.45. The van der Waals surface area contributed by atoms with Crippen LogP contribution in [-0.2, 0) is 6.61 Å². The highest BCUT2D eigenvalue weighted by Gasteiger charge is 2.13. The average Bonchev–Trinajstić information content (AvgIpc) is 2.77. The van der Waals surface area contributed by atoms with Gasteiger partial charge in [0, 0.05) is 16.6 Å². The largest absolute Gasteiger partial charge is 0.493 e. The average molecular weight is 544 g/mol.